The van der Waals surface area contributed by atoms with Gasteiger partial charge >= 0.3 is 0 Å². The van der Waals surface area contributed by atoms with E-state index in [9.17, 15) is 0 Å². The van der Waals surface area contributed by atoms with Gasteiger partial charge in [0, 0.05) is 25.8 Å². The summed E-state index contributed by atoms with van der Waals surface area (Å²) >= 11 is 3.61. The molecule has 0 amide bonds. The SMILES string of the molecule is CCNc1ncc(Br)c(N2CCC3CCCCC3C2)n1. The minimum Gasteiger partial charge on any atom is -0.355 e. The quantitative estimate of drug-likeness (QED) is 0.912. The predicted octanol–water partition coefficient (Wildman–Crippen LogP) is 3.69. The van der Waals surface area contributed by atoms with Crippen LogP contribution in [-0.4, -0.2) is 29.6 Å². The molecular weight excluding hydrogens is 316 g/mol. The first-order chi connectivity index (χ1) is 9.78. The minimum absolute atomic E-state index is 0.733. The second-order valence-electron chi connectivity index (χ2n) is 5.93. The summed E-state index contributed by atoms with van der Waals surface area (Å²) < 4.78 is 1.01. The lowest BCUT2D eigenvalue weighted by Crippen LogP contribution is -2.42. The third-order valence-electron chi connectivity index (χ3n) is 4.65. The number of anilines is 2. The average Bonchev–Trinajstić information content (AvgIpc) is 2.49. The Hall–Kier alpha value is -0.840. The third kappa shape index (κ3) is 2.92. The number of nitrogens with one attached hydrogen (secondary N) is 1. The van der Waals surface area contributed by atoms with Crippen LogP contribution in [0.25, 0.3) is 0 Å². The van der Waals surface area contributed by atoms with Gasteiger partial charge in [-0.15, -0.1) is 0 Å². The molecule has 1 aliphatic heterocycles. The van der Waals surface area contributed by atoms with Gasteiger partial charge in [-0.25, -0.2) is 4.98 Å². The molecule has 0 radical (unpaired) electrons. The maximum absolute atomic E-state index is 4.68. The fourth-order valence-corrected chi connectivity index (χ4v) is 4.06. The van der Waals surface area contributed by atoms with E-state index in [0.29, 0.717) is 0 Å². The van der Waals surface area contributed by atoms with Crippen LogP contribution in [0.5, 0.6) is 0 Å². The molecular formula is C15H23BrN4. The molecule has 1 aliphatic carbocycles. The molecule has 4 nitrogen and oxygen atoms in total. The highest BCUT2D eigenvalue weighted by Crippen LogP contribution is 2.38. The Balaban J connectivity index is 1.76. The summed E-state index contributed by atoms with van der Waals surface area (Å²) in [6, 6.07) is 0. The fourth-order valence-electron chi connectivity index (χ4n) is 3.62. The molecule has 1 N–H and O–H groups in total. The van der Waals surface area contributed by atoms with Gasteiger partial charge in [-0.2, -0.15) is 4.98 Å². The smallest absolute Gasteiger partial charge is 0.224 e. The molecule has 2 unspecified atom stereocenters. The molecule has 0 aromatic carbocycles. The first-order valence-corrected chi connectivity index (χ1v) is 8.58. The third-order valence-corrected chi connectivity index (χ3v) is 5.21. The van der Waals surface area contributed by atoms with Gasteiger partial charge < -0.3 is 10.2 Å². The van der Waals surface area contributed by atoms with E-state index >= 15 is 0 Å². The van der Waals surface area contributed by atoms with E-state index in [1.165, 1.54) is 32.1 Å². The maximum Gasteiger partial charge on any atom is 0.224 e. The van der Waals surface area contributed by atoms with Crippen molar-refractivity contribution in [2.24, 2.45) is 11.8 Å². The highest BCUT2D eigenvalue weighted by atomic mass is 79.9. The Bertz CT molecular complexity index is 465. The van der Waals surface area contributed by atoms with Crippen LogP contribution in [0, 0.1) is 11.8 Å². The molecule has 0 spiro atoms. The maximum atomic E-state index is 4.68. The molecule has 1 aromatic heterocycles. The molecule has 2 heterocycles. The van der Waals surface area contributed by atoms with Crippen molar-refractivity contribution in [3.8, 4) is 0 Å². The number of rotatable bonds is 3. The van der Waals surface area contributed by atoms with Crippen molar-refractivity contribution in [3.63, 3.8) is 0 Å². The van der Waals surface area contributed by atoms with Crippen LogP contribution in [0.15, 0.2) is 10.7 Å². The number of piperidine rings is 1. The van der Waals surface area contributed by atoms with E-state index in [1.54, 1.807) is 0 Å². The van der Waals surface area contributed by atoms with Crippen LogP contribution < -0.4 is 10.2 Å². The van der Waals surface area contributed by atoms with Crippen LogP contribution in [0.4, 0.5) is 11.8 Å². The summed E-state index contributed by atoms with van der Waals surface area (Å²) in [6.45, 7) is 5.21. The molecule has 2 aliphatic rings. The lowest BCUT2D eigenvalue weighted by molar-refractivity contribution is 0.202. The standard InChI is InChI=1S/C15H23BrN4/c1-2-17-15-18-9-13(16)14(19-15)20-8-7-11-5-3-4-6-12(11)10-20/h9,11-12H,2-8,10H2,1H3,(H,17,18,19). The number of aromatic nitrogens is 2. The minimum atomic E-state index is 0.733. The van der Waals surface area contributed by atoms with Gasteiger partial charge in [0.25, 0.3) is 0 Å². The van der Waals surface area contributed by atoms with Crippen molar-refractivity contribution < 1.29 is 0 Å². The number of hydrogen-bond donors (Lipinski definition) is 1. The number of nitrogens with zero attached hydrogens (tertiary/aromatic N) is 3. The van der Waals surface area contributed by atoms with Gasteiger partial charge in [-0.3, -0.25) is 0 Å². The summed E-state index contributed by atoms with van der Waals surface area (Å²) in [5.74, 6) is 3.60. The van der Waals surface area contributed by atoms with Gasteiger partial charge in [0.2, 0.25) is 5.95 Å². The molecule has 1 saturated heterocycles. The molecule has 3 rings (SSSR count). The number of fused-ring (bicyclic) bond motifs is 1. The average molecular weight is 339 g/mol. The van der Waals surface area contributed by atoms with E-state index in [-0.39, 0.29) is 0 Å². The van der Waals surface area contributed by atoms with E-state index in [2.05, 4.69) is 43.0 Å². The molecule has 0 bridgehead atoms. The fraction of sp³-hybridized carbons (Fsp3) is 0.733. The summed E-state index contributed by atoms with van der Waals surface area (Å²) in [5.41, 5.74) is 0. The zero-order valence-corrected chi connectivity index (χ0v) is 13.7. The summed E-state index contributed by atoms with van der Waals surface area (Å²) in [4.78, 5) is 11.4. The summed E-state index contributed by atoms with van der Waals surface area (Å²) in [7, 11) is 0. The Labute approximate surface area is 129 Å². The van der Waals surface area contributed by atoms with E-state index < -0.39 is 0 Å². The van der Waals surface area contributed by atoms with Gasteiger partial charge in [-0.1, -0.05) is 19.3 Å². The van der Waals surface area contributed by atoms with Crippen molar-refractivity contribution in [2.75, 3.05) is 29.9 Å². The highest BCUT2D eigenvalue weighted by Gasteiger charge is 2.32. The van der Waals surface area contributed by atoms with Crippen molar-refractivity contribution >= 4 is 27.7 Å². The molecule has 2 fully saturated rings. The first-order valence-electron chi connectivity index (χ1n) is 7.79. The van der Waals surface area contributed by atoms with Crippen LogP contribution >= 0.6 is 15.9 Å². The van der Waals surface area contributed by atoms with Crippen molar-refractivity contribution in [1.82, 2.24) is 9.97 Å². The van der Waals surface area contributed by atoms with E-state index in [0.717, 1.165) is 47.7 Å². The lowest BCUT2D eigenvalue weighted by atomic mass is 9.75. The van der Waals surface area contributed by atoms with Crippen molar-refractivity contribution in [3.05, 3.63) is 10.7 Å². The first kappa shape index (κ1) is 14.1. The molecule has 110 valence electrons. The predicted molar refractivity (Wildman–Crippen MR) is 86.2 cm³/mol. The van der Waals surface area contributed by atoms with Crippen LogP contribution in [0.3, 0.4) is 0 Å². The van der Waals surface area contributed by atoms with Crippen molar-refractivity contribution in [1.29, 1.82) is 0 Å². The van der Waals surface area contributed by atoms with E-state index in [4.69, 9.17) is 0 Å². The van der Waals surface area contributed by atoms with Crippen molar-refractivity contribution in [2.45, 2.75) is 39.0 Å². The van der Waals surface area contributed by atoms with Gasteiger partial charge in [-0.05, 0) is 47.5 Å². The van der Waals surface area contributed by atoms with E-state index in [1.807, 2.05) is 6.20 Å². The second-order valence-corrected chi connectivity index (χ2v) is 6.79. The van der Waals surface area contributed by atoms with Gasteiger partial charge in [0.1, 0.15) is 5.82 Å². The highest BCUT2D eigenvalue weighted by molar-refractivity contribution is 9.10. The normalized spacial score (nSPS) is 26.2. The molecule has 1 saturated carbocycles. The second kappa shape index (κ2) is 6.29. The zero-order chi connectivity index (χ0) is 13.9. The Morgan fingerprint density at radius 1 is 1.30 bits per heavy atom. The van der Waals surface area contributed by atoms with Gasteiger partial charge in [0.05, 0.1) is 4.47 Å². The Kier molecular flexibility index (Phi) is 4.44. The van der Waals surface area contributed by atoms with Crippen LogP contribution in [-0.2, 0) is 0 Å². The van der Waals surface area contributed by atoms with Crippen LogP contribution in [0.1, 0.15) is 39.0 Å². The zero-order valence-electron chi connectivity index (χ0n) is 12.1. The number of halogens is 1. The van der Waals surface area contributed by atoms with Crippen LogP contribution in [0.2, 0.25) is 0 Å². The van der Waals surface area contributed by atoms with Gasteiger partial charge in [0.15, 0.2) is 0 Å². The lowest BCUT2D eigenvalue weighted by Gasteiger charge is -2.42. The largest absolute Gasteiger partial charge is 0.355 e. The molecule has 20 heavy (non-hydrogen) atoms. The Morgan fingerprint density at radius 2 is 2.10 bits per heavy atom. The number of hydrogen-bond acceptors (Lipinski definition) is 4. The Morgan fingerprint density at radius 3 is 2.90 bits per heavy atom. The monoisotopic (exact) mass is 338 g/mol. The molecule has 1 aromatic rings. The topological polar surface area (TPSA) is 41.1 Å². The molecule has 5 heteroatoms. The molecule has 2 atom stereocenters. The summed E-state index contributed by atoms with van der Waals surface area (Å²) in [6.07, 6.45) is 8.85. The summed E-state index contributed by atoms with van der Waals surface area (Å²) in [5, 5.41) is 3.20.